The Morgan fingerprint density at radius 2 is 1.59 bits per heavy atom. The van der Waals surface area contributed by atoms with Gasteiger partial charge in [-0.15, -0.1) is 0 Å². The first kappa shape index (κ1) is 22.6. The minimum Gasteiger partial charge on any atom is -0.299 e. The number of hydrogen-bond acceptors (Lipinski definition) is 1. The Bertz CT molecular complexity index is 634. The lowest BCUT2D eigenvalue weighted by molar-refractivity contribution is -0.126. The molecule has 0 saturated heterocycles. The molecule has 1 aromatic carbocycles. The molecule has 1 nitrogen and oxygen atoms in total. The summed E-state index contributed by atoms with van der Waals surface area (Å²) in [4.78, 5) is 12.8. The molecule has 0 heterocycles. The summed E-state index contributed by atoms with van der Waals surface area (Å²) >= 11 is 0. The van der Waals surface area contributed by atoms with Crippen LogP contribution in [-0.4, -0.2) is 5.78 Å². The number of benzene rings is 1. The van der Waals surface area contributed by atoms with Gasteiger partial charge in [0, 0.05) is 12.3 Å². The normalized spacial score (nSPS) is 26.4. The zero-order valence-corrected chi connectivity index (χ0v) is 19.6. The first-order chi connectivity index (χ1) is 13.8. The van der Waals surface area contributed by atoms with Crippen LogP contribution in [0.3, 0.4) is 0 Å². The third-order valence-corrected chi connectivity index (χ3v) is 7.76. The van der Waals surface area contributed by atoms with Crippen molar-refractivity contribution in [1.82, 2.24) is 0 Å². The van der Waals surface area contributed by atoms with E-state index in [1.54, 1.807) is 0 Å². The van der Waals surface area contributed by atoms with Crippen molar-refractivity contribution in [2.75, 3.05) is 0 Å². The van der Waals surface area contributed by atoms with E-state index >= 15 is 0 Å². The van der Waals surface area contributed by atoms with Crippen LogP contribution in [0.15, 0.2) is 24.3 Å². The summed E-state index contributed by atoms with van der Waals surface area (Å²) in [6.45, 7) is 8.75. The maximum atomic E-state index is 12.8. The number of carbonyl (C=O) groups excluding carboxylic acids is 1. The van der Waals surface area contributed by atoms with Gasteiger partial charge < -0.3 is 0 Å². The molecule has 0 N–H and O–H groups in total. The molecular formula is C28H44O. The van der Waals surface area contributed by atoms with E-state index in [-0.39, 0.29) is 5.41 Å². The highest BCUT2D eigenvalue weighted by Gasteiger charge is 2.38. The largest absolute Gasteiger partial charge is 0.299 e. The predicted molar refractivity (Wildman–Crippen MR) is 124 cm³/mol. The fourth-order valence-electron chi connectivity index (χ4n) is 5.95. The zero-order chi connectivity index (χ0) is 20.9. The summed E-state index contributed by atoms with van der Waals surface area (Å²) < 4.78 is 0. The SMILES string of the molecule is Cc1ccc(C2(CCCC3CCCCC3)CCC(C(=O)CC(C)(C)C)CC2)cc1. The van der Waals surface area contributed by atoms with Crippen molar-refractivity contribution in [3.63, 3.8) is 0 Å². The van der Waals surface area contributed by atoms with Crippen LogP contribution in [0.1, 0.15) is 115 Å². The van der Waals surface area contributed by atoms with Crippen LogP contribution < -0.4 is 0 Å². The van der Waals surface area contributed by atoms with E-state index in [0.29, 0.717) is 17.1 Å². The first-order valence-electron chi connectivity index (χ1n) is 12.4. The van der Waals surface area contributed by atoms with Crippen molar-refractivity contribution in [3.05, 3.63) is 35.4 Å². The predicted octanol–water partition coefficient (Wildman–Crippen LogP) is 8.18. The van der Waals surface area contributed by atoms with Crippen LogP contribution in [0.2, 0.25) is 0 Å². The van der Waals surface area contributed by atoms with Crippen molar-refractivity contribution in [3.8, 4) is 0 Å². The molecular weight excluding hydrogens is 352 g/mol. The Morgan fingerprint density at radius 1 is 0.966 bits per heavy atom. The standard InChI is InChI=1S/C28H44O/c1-22-12-14-25(15-13-22)28(18-8-11-23-9-6-5-7-10-23)19-16-24(17-20-28)26(29)21-27(2,3)4/h12-15,23-24H,5-11,16-21H2,1-4H3. The average Bonchev–Trinajstić information content (AvgIpc) is 2.68. The van der Waals surface area contributed by atoms with E-state index in [0.717, 1.165) is 25.2 Å². The van der Waals surface area contributed by atoms with Gasteiger partial charge in [-0.05, 0) is 61.3 Å². The van der Waals surface area contributed by atoms with Crippen LogP contribution in [0.5, 0.6) is 0 Å². The molecule has 29 heavy (non-hydrogen) atoms. The quantitative estimate of drug-likeness (QED) is 0.454. The molecule has 0 unspecified atom stereocenters. The summed E-state index contributed by atoms with van der Waals surface area (Å²) in [6.07, 6.45) is 16.7. The van der Waals surface area contributed by atoms with Crippen LogP contribution in [0, 0.1) is 24.2 Å². The molecule has 0 bridgehead atoms. The molecule has 0 radical (unpaired) electrons. The maximum absolute atomic E-state index is 12.8. The molecule has 0 atom stereocenters. The average molecular weight is 397 g/mol. The number of carbonyl (C=O) groups is 1. The molecule has 2 saturated carbocycles. The molecule has 3 rings (SSSR count). The molecule has 162 valence electrons. The molecule has 1 aromatic rings. The molecule has 0 aliphatic heterocycles. The Hall–Kier alpha value is -1.11. The Labute approximate surface area is 180 Å². The lowest BCUT2D eigenvalue weighted by Crippen LogP contribution is -2.35. The van der Waals surface area contributed by atoms with Gasteiger partial charge in [-0.2, -0.15) is 0 Å². The highest BCUT2D eigenvalue weighted by atomic mass is 16.1. The highest BCUT2D eigenvalue weighted by Crippen LogP contribution is 2.46. The van der Waals surface area contributed by atoms with Crippen molar-refractivity contribution < 1.29 is 4.79 Å². The summed E-state index contributed by atoms with van der Waals surface area (Å²) in [6, 6.07) is 9.34. The van der Waals surface area contributed by atoms with Crippen molar-refractivity contribution >= 4 is 5.78 Å². The molecule has 0 spiro atoms. The Morgan fingerprint density at radius 3 is 2.17 bits per heavy atom. The fraction of sp³-hybridized carbons (Fsp3) is 0.750. The summed E-state index contributed by atoms with van der Waals surface area (Å²) in [5.41, 5.74) is 3.30. The highest BCUT2D eigenvalue weighted by molar-refractivity contribution is 5.81. The second kappa shape index (κ2) is 9.80. The fourth-order valence-corrected chi connectivity index (χ4v) is 5.95. The molecule has 1 heteroatoms. The second-order valence-corrected chi connectivity index (χ2v) is 11.5. The van der Waals surface area contributed by atoms with E-state index in [4.69, 9.17) is 0 Å². The van der Waals surface area contributed by atoms with Crippen LogP contribution >= 0.6 is 0 Å². The maximum Gasteiger partial charge on any atom is 0.136 e. The molecule has 2 aliphatic carbocycles. The summed E-state index contributed by atoms with van der Waals surface area (Å²) in [5, 5.41) is 0. The second-order valence-electron chi connectivity index (χ2n) is 11.5. The first-order valence-corrected chi connectivity index (χ1v) is 12.4. The smallest absolute Gasteiger partial charge is 0.136 e. The Balaban J connectivity index is 1.64. The lowest BCUT2D eigenvalue weighted by atomic mass is 9.63. The van der Waals surface area contributed by atoms with E-state index in [9.17, 15) is 4.79 Å². The van der Waals surface area contributed by atoms with Gasteiger partial charge in [0.15, 0.2) is 0 Å². The van der Waals surface area contributed by atoms with Crippen molar-refractivity contribution in [2.45, 2.75) is 117 Å². The topological polar surface area (TPSA) is 17.1 Å². The van der Waals surface area contributed by atoms with Crippen LogP contribution in [0.25, 0.3) is 0 Å². The van der Waals surface area contributed by atoms with Gasteiger partial charge in [-0.1, -0.05) is 95.5 Å². The van der Waals surface area contributed by atoms with Gasteiger partial charge >= 0.3 is 0 Å². The van der Waals surface area contributed by atoms with E-state index in [1.165, 1.54) is 75.3 Å². The number of aryl methyl sites for hydroxylation is 1. The minimum atomic E-state index is 0.114. The van der Waals surface area contributed by atoms with E-state index < -0.39 is 0 Å². The van der Waals surface area contributed by atoms with Gasteiger partial charge in [0.2, 0.25) is 0 Å². The molecule has 0 amide bonds. The monoisotopic (exact) mass is 396 g/mol. The van der Waals surface area contributed by atoms with Crippen molar-refractivity contribution in [2.24, 2.45) is 17.3 Å². The van der Waals surface area contributed by atoms with Gasteiger partial charge in [-0.3, -0.25) is 4.79 Å². The number of rotatable bonds is 7. The summed E-state index contributed by atoms with van der Waals surface area (Å²) in [7, 11) is 0. The third-order valence-electron chi connectivity index (χ3n) is 7.76. The number of Topliss-reactive ketones (excluding diaryl/α,β-unsaturated/α-hetero) is 1. The molecule has 0 aromatic heterocycles. The molecule has 2 aliphatic rings. The Kier molecular flexibility index (Phi) is 7.63. The number of ketones is 1. The van der Waals surface area contributed by atoms with Gasteiger partial charge in [-0.25, -0.2) is 0 Å². The van der Waals surface area contributed by atoms with Gasteiger partial charge in [0.1, 0.15) is 5.78 Å². The third kappa shape index (κ3) is 6.43. The van der Waals surface area contributed by atoms with Gasteiger partial charge in [0.05, 0.1) is 0 Å². The minimum absolute atomic E-state index is 0.114. The lowest BCUT2D eigenvalue weighted by Gasteiger charge is -2.41. The van der Waals surface area contributed by atoms with Gasteiger partial charge in [0.25, 0.3) is 0 Å². The van der Waals surface area contributed by atoms with Crippen LogP contribution in [-0.2, 0) is 10.2 Å². The van der Waals surface area contributed by atoms with Crippen LogP contribution in [0.4, 0.5) is 0 Å². The molecule has 2 fully saturated rings. The zero-order valence-electron chi connectivity index (χ0n) is 19.6. The van der Waals surface area contributed by atoms with E-state index in [1.807, 2.05) is 0 Å². The van der Waals surface area contributed by atoms with E-state index in [2.05, 4.69) is 52.0 Å². The summed E-state index contributed by atoms with van der Waals surface area (Å²) in [5.74, 6) is 1.78. The van der Waals surface area contributed by atoms with Crippen molar-refractivity contribution in [1.29, 1.82) is 0 Å². The number of hydrogen-bond donors (Lipinski definition) is 0.